The summed E-state index contributed by atoms with van der Waals surface area (Å²) < 4.78 is 5.18. The predicted octanol–water partition coefficient (Wildman–Crippen LogP) is 2.45. The zero-order chi connectivity index (χ0) is 13.7. The molecule has 0 saturated heterocycles. The van der Waals surface area contributed by atoms with Gasteiger partial charge in [0.2, 0.25) is 0 Å². The Kier molecular flexibility index (Phi) is 4.58. The fraction of sp³-hybridized carbons (Fsp3) is 0.714. The molecule has 5 nitrogen and oxygen atoms in total. The highest BCUT2D eigenvalue weighted by Gasteiger charge is 2.41. The molecule has 1 aliphatic carbocycles. The highest BCUT2D eigenvalue weighted by Crippen LogP contribution is 2.48. The minimum absolute atomic E-state index is 0.422. The van der Waals surface area contributed by atoms with Crippen molar-refractivity contribution in [3.63, 3.8) is 0 Å². The third-order valence-corrected chi connectivity index (χ3v) is 3.85. The van der Waals surface area contributed by atoms with Crippen molar-refractivity contribution in [3.8, 4) is 0 Å². The Morgan fingerprint density at radius 3 is 2.53 bits per heavy atom. The van der Waals surface area contributed by atoms with E-state index in [4.69, 9.17) is 4.74 Å². The molecule has 0 aliphatic heterocycles. The first-order valence-electron chi connectivity index (χ1n) is 6.99. The molecule has 0 bridgehead atoms. The van der Waals surface area contributed by atoms with E-state index in [9.17, 15) is 0 Å². The summed E-state index contributed by atoms with van der Waals surface area (Å²) in [4.78, 5) is 8.59. The lowest BCUT2D eigenvalue weighted by Gasteiger charge is -2.17. The molecule has 1 saturated carbocycles. The maximum atomic E-state index is 5.18. The van der Waals surface area contributed by atoms with E-state index in [1.807, 2.05) is 0 Å². The second kappa shape index (κ2) is 6.19. The van der Waals surface area contributed by atoms with Crippen molar-refractivity contribution < 1.29 is 4.74 Å². The van der Waals surface area contributed by atoms with Crippen LogP contribution < -0.4 is 10.6 Å². The quantitative estimate of drug-likeness (QED) is 0.755. The standard InChI is InChI=1S/C14H24N4O/c1-4-15-12-11(2)13(18-10-17-12)16-9-14(5-6-14)7-8-19-3/h10H,4-9H2,1-3H3,(H2,15,16,17,18). The van der Waals surface area contributed by atoms with Crippen LogP contribution in [0, 0.1) is 12.3 Å². The molecule has 1 aromatic heterocycles. The largest absolute Gasteiger partial charge is 0.385 e. The van der Waals surface area contributed by atoms with E-state index >= 15 is 0 Å². The summed E-state index contributed by atoms with van der Waals surface area (Å²) >= 11 is 0. The number of ether oxygens (including phenoxy) is 1. The van der Waals surface area contributed by atoms with E-state index in [2.05, 4.69) is 34.4 Å². The van der Waals surface area contributed by atoms with Gasteiger partial charge in [-0.25, -0.2) is 9.97 Å². The number of aromatic nitrogens is 2. The van der Waals surface area contributed by atoms with Crippen LogP contribution in [0.2, 0.25) is 0 Å². The Morgan fingerprint density at radius 1 is 1.26 bits per heavy atom. The molecule has 0 aromatic carbocycles. The van der Waals surface area contributed by atoms with Crippen LogP contribution in [-0.2, 0) is 4.74 Å². The van der Waals surface area contributed by atoms with Crippen LogP contribution >= 0.6 is 0 Å². The summed E-state index contributed by atoms with van der Waals surface area (Å²) in [6, 6.07) is 0. The minimum Gasteiger partial charge on any atom is -0.385 e. The van der Waals surface area contributed by atoms with Crippen molar-refractivity contribution in [2.75, 3.05) is 37.4 Å². The molecular weight excluding hydrogens is 240 g/mol. The Balaban J connectivity index is 1.94. The normalized spacial score (nSPS) is 16.2. The summed E-state index contributed by atoms with van der Waals surface area (Å²) in [6.07, 6.45) is 5.31. The Labute approximate surface area is 115 Å². The first-order valence-corrected chi connectivity index (χ1v) is 6.99. The van der Waals surface area contributed by atoms with Gasteiger partial charge in [0.15, 0.2) is 0 Å². The van der Waals surface area contributed by atoms with Gasteiger partial charge in [-0.05, 0) is 38.5 Å². The lowest BCUT2D eigenvalue weighted by molar-refractivity contribution is 0.175. The molecule has 1 aliphatic rings. The molecule has 1 fully saturated rings. The number of methoxy groups -OCH3 is 1. The van der Waals surface area contributed by atoms with Gasteiger partial charge in [-0.2, -0.15) is 0 Å². The molecule has 0 spiro atoms. The number of nitrogens with zero attached hydrogens (tertiary/aromatic N) is 2. The molecule has 1 aromatic rings. The van der Waals surface area contributed by atoms with Crippen LogP contribution in [0.5, 0.6) is 0 Å². The Hall–Kier alpha value is -1.36. The van der Waals surface area contributed by atoms with E-state index in [1.54, 1.807) is 13.4 Å². The zero-order valence-electron chi connectivity index (χ0n) is 12.1. The lowest BCUT2D eigenvalue weighted by Crippen LogP contribution is -2.19. The number of nitrogens with one attached hydrogen (secondary N) is 2. The van der Waals surface area contributed by atoms with Crippen molar-refractivity contribution in [1.82, 2.24) is 9.97 Å². The van der Waals surface area contributed by atoms with Crippen LogP contribution in [0.15, 0.2) is 6.33 Å². The van der Waals surface area contributed by atoms with E-state index in [0.29, 0.717) is 5.41 Å². The topological polar surface area (TPSA) is 59.1 Å². The molecule has 0 radical (unpaired) electrons. The summed E-state index contributed by atoms with van der Waals surface area (Å²) in [7, 11) is 1.76. The van der Waals surface area contributed by atoms with Gasteiger partial charge in [0.1, 0.15) is 18.0 Å². The Bertz CT molecular complexity index is 418. The second-order valence-corrected chi connectivity index (χ2v) is 5.32. The lowest BCUT2D eigenvalue weighted by atomic mass is 10.0. The minimum atomic E-state index is 0.422. The maximum absolute atomic E-state index is 5.18. The van der Waals surface area contributed by atoms with Gasteiger partial charge in [-0.15, -0.1) is 0 Å². The molecular formula is C14H24N4O. The Morgan fingerprint density at radius 2 is 1.95 bits per heavy atom. The second-order valence-electron chi connectivity index (χ2n) is 5.32. The third kappa shape index (κ3) is 3.56. The summed E-state index contributed by atoms with van der Waals surface area (Å²) in [6.45, 7) is 6.80. The van der Waals surface area contributed by atoms with Gasteiger partial charge in [0.25, 0.3) is 0 Å². The van der Waals surface area contributed by atoms with Crippen LogP contribution in [-0.4, -0.2) is 36.8 Å². The summed E-state index contributed by atoms with van der Waals surface area (Å²) in [5.41, 5.74) is 1.51. The number of hydrogen-bond donors (Lipinski definition) is 2. The third-order valence-electron chi connectivity index (χ3n) is 3.85. The highest BCUT2D eigenvalue weighted by molar-refractivity contribution is 5.56. The first kappa shape index (κ1) is 14.1. The average molecular weight is 264 g/mol. The van der Waals surface area contributed by atoms with Gasteiger partial charge in [0, 0.05) is 32.4 Å². The molecule has 0 amide bonds. The molecule has 19 heavy (non-hydrogen) atoms. The highest BCUT2D eigenvalue weighted by atomic mass is 16.5. The van der Waals surface area contributed by atoms with Crippen LogP contribution in [0.4, 0.5) is 11.6 Å². The average Bonchev–Trinajstić information content (AvgIpc) is 3.18. The van der Waals surface area contributed by atoms with Gasteiger partial charge < -0.3 is 15.4 Å². The number of anilines is 2. The van der Waals surface area contributed by atoms with Crippen molar-refractivity contribution in [2.45, 2.75) is 33.1 Å². The van der Waals surface area contributed by atoms with Gasteiger partial charge in [-0.3, -0.25) is 0 Å². The van der Waals surface area contributed by atoms with Crippen LogP contribution in [0.1, 0.15) is 31.7 Å². The molecule has 2 N–H and O–H groups in total. The van der Waals surface area contributed by atoms with Gasteiger partial charge >= 0.3 is 0 Å². The summed E-state index contributed by atoms with van der Waals surface area (Å²) in [5.74, 6) is 1.86. The van der Waals surface area contributed by atoms with E-state index in [1.165, 1.54) is 12.8 Å². The van der Waals surface area contributed by atoms with E-state index in [-0.39, 0.29) is 0 Å². The van der Waals surface area contributed by atoms with E-state index in [0.717, 1.165) is 43.3 Å². The smallest absolute Gasteiger partial charge is 0.134 e. The van der Waals surface area contributed by atoms with Crippen LogP contribution in [0.25, 0.3) is 0 Å². The fourth-order valence-corrected chi connectivity index (χ4v) is 2.26. The van der Waals surface area contributed by atoms with Crippen molar-refractivity contribution in [2.24, 2.45) is 5.41 Å². The van der Waals surface area contributed by atoms with E-state index < -0.39 is 0 Å². The van der Waals surface area contributed by atoms with Crippen molar-refractivity contribution in [3.05, 3.63) is 11.9 Å². The first-order chi connectivity index (χ1) is 9.21. The van der Waals surface area contributed by atoms with Crippen molar-refractivity contribution in [1.29, 1.82) is 0 Å². The molecule has 106 valence electrons. The number of rotatable bonds is 8. The zero-order valence-corrected chi connectivity index (χ0v) is 12.1. The van der Waals surface area contributed by atoms with Gasteiger partial charge in [0.05, 0.1) is 0 Å². The van der Waals surface area contributed by atoms with Crippen molar-refractivity contribution >= 4 is 11.6 Å². The van der Waals surface area contributed by atoms with Crippen LogP contribution in [0.3, 0.4) is 0 Å². The number of hydrogen-bond acceptors (Lipinski definition) is 5. The molecule has 5 heteroatoms. The molecule has 1 heterocycles. The maximum Gasteiger partial charge on any atom is 0.134 e. The molecule has 2 rings (SSSR count). The predicted molar refractivity (Wildman–Crippen MR) is 77.6 cm³/mol. The fourth-order valence-electron chi connectivity index (χ4n) is 2.26. The molecule has 0 atom stereocenters. The summed E-state index contributed by atoms with van der Waals surface area (Å²) in [5, 5.41) is 6.73. The monoisotopic (exact) mass is 264 g/mol. The molecule has 0 unspecified atom stereocenters. The SMILES string of the molecule is CCNc1ncnc(NCC2(CCOC)CC2)c1C. The van der Waals surface area contributed by atoms with Gasteiger partial charge in [-0.1, -0.05) is 0 Å².